The van der Waals surface area contributed by atoms with Crippen LogP contribution in [0, 0.1) is 5.41 Å². The summed E-state index contributed by atoms with van der Waals surface area (Å²) in [6, 6.07) is 0. The van der Waals surface area contributed by atoms with Crippen LogP contribution in [0.15, 0.2) is 0 Å². The second-order valence-electron chi connectivity index (χ2n) is 1.63. The lowest BCUT2D eigenvalue weighted by Crippen LogP contribution is -2.21. The molecule has 1 atom stereocenters. The zero-order valence-corrected chi connectivity index (χ0v) is 5.84. The topological polar surface area (TPSA) is 95.3 Å². The zero-order chi connectivity index (χ0) is 8.20. The molecule has 5 nitrogen and oxygen atoms in total. The Hall–Kier alpha value is -0.750. The van der Waals surface area contributed by atoms with Crippen LogP contribution < -0.4 is 0 Å². The van der Waals surface area contributed by atoms with E-state index in [4.69, 9.17) is 9.96 Å². The van der Waals surface area contributed by atoms with Gasteiger partial charge in [-0.15, -0.1) is 0 Å². The summed E-state index contributed by atoms with van der Waals surface area (Å²) in [4.78, 5) is 9.90. The molecule has 10 heavy (non-hydrogen) atoms. The molecule has 2 N–H and O–H groups in total. The van der Waals surface area contributed by atoms with E-state index in [-0.39, 0.29) is 12.7 Å². The molecule has 0 spiro atoms. The maximum Gasteiger partial charge on any atom is 0.275 e. The van der Waals surface area contributed by atoms with E-state index >= 15 is 0 Å². The van der Waals surface area contributed by atoms with Crippen molar-refractivity contribution in [3.63, 3.8) is 0 Å². The molecule has 0 heterocycles. The van der Waals surface area contributed by atoms with Gasteiger partial charge in [-0.05, 0) is 6.21 Å². The average Bonchev–Trinajstić information content (AvgIpc) is 1.80. The summed E-state index contributed by atoms with van der Waals surface area (Å²) < 4.78 is 28.6. The normalized spacial score (nSPS) is 14.1. The first-order valence-corrected chi connectivity index (χ1v) is 3.93. The van der Waals surface area contributed by atoms with Gasteiger partial charge in [-0.3, -0.25) is 4.55 Å². The van der Waals surface area contributed by atoms with Crippen LogP contribution >= 0.6 is 0 Å². The van der Waals surface area contributed by atoms with Gasteiger partial charge in [0.1, 0.15) is 11.5 Å². The van der Waals surface area contributed by atoms with E-state index in [2.05, 4.69) is 0 Å². The molecule has 0 aliphatic carbocycles. The smallest absolute Gasteiger partial charge is 0.275 e. The average molecular weight is 165 g/mol. The second kappa shape index (κ2) is 3.43. The minimum absolute atomic E-state index is 0.0976. The molecule has 0 aromatic carbocycles. The summed E-state index contributed by atoms with van der Waals surface area (Å²) in [5.74, 6) is 0. The molecule has 58 valence electrons. The quantitative estimate of drug-likeness (QED) is 0.333. The van der Waals surface area contributed by atoms with E-state index in [0.717, 1.165) is 6.21 Å². The monoisotopic (exact) mass is 165 g/mol. The van der Waals surface area contributed by atoms with Crippen molar-refractivity contribution in [2.45, 2.75) is 11.7 Å². The van der Waals surface area contributed by atoms with Crippen molar-refractivity contribution in [3.05, 3.63) is 0 Å². The van der Waals surface area contributed by atoms with E-state index < -0.39 is 15.4 Å². The van der Waals surface area contributed by atoms with Gasteiger partial charge >= 0.3 is 0 Å². The van der Waals surface area contributed by atoms with E-state index in [0.29, 0.717) is 0 Å². The molecule has 0 rings (SSSR count). The van der Waals surface area contributed by atoms with Crippen molar-refractivity contribution in [1.29, 1.82) is 5.41 Å². The van der Waals surface area contributed by atoms with Crippen molar-refractivity contribution in [1.82, 2.24) is 0 Å². The van der Waals surface area contributed by atoms with Crippen molar-refractivity contribution < 1.29 is 17.8 Å². The van der Waals surface area contributed by atoms with Crippen LogP contribution in [-0.4, -0.2) is 30.7 Å². The van der Waals surface area contributed by atoms with E-state index in [9.17, 15) is 13.2 Å². The molecule has 0 saturated heterocycles. The molecule has 0 bridgehead atoms. The number of hydrogen-bond donors (Lipinski definition) is 2. The minimum atomic E-state index is -4.30. The molecule has 0 fully saturated rings. The Balaban J connectivity index is 4.36. The highest BCUT2D eigenvalue weighted by atomic mass is 32.2. The number of hydrogen-bond acceptors (Lipinski definition) is 4. The molecule has 0 aromatic heterocycles. The van der Waals surface area contributed by atoms with E-state index in [1.54, 1.807) is 0 Å². The van der Waals surface area contributed by atoms with Gasteiger partial charge < -0.3 is 10.2 Å². The van der Waals surface area contributed by atoms with Gasteiger partial charge in [0.05, 0.1) is 0 Å². The molecular weight excluding hydrogens is 158 g/mol. The van der Waals surface area contributed by atoms with Gasteiger partial charge in [0.15, 0.2) is 0 Å². The van der Waals surface area contributed by atoms with Gasteiger partial charge in [0.25, 0.3) is 10.1 Å². The number of carbonyl (C=O) groups excluding carboxylic acids is 1. The zero-order valence-electron chi connectivity index (χ0n) is 5.02. The summed E-state index contributed by atoms with van der Waals surface area (Å²) in [6.45, 7) is 0. The molecule has 0 aromatic rings. The fraction of sp³-hybridized carbons (Fsp3) is 0.500. The van der Waals surface area contributed by atoms with Gasteiger partial charge in [-0.1, -0.05) is 0 Å². The third-order valence-corrected chi connectivity index (χ3v) is 1.95. The Bertz CT molecular complexity index is 219. The molecule has 0 amide bonds. The third kappa shape index (κ3) is 2.70. The summed E-state index contributed by atoms with van der Waals surface area (Å²) in [5.41, 5.74) is 0. The van der Waals surface area contributed by atoms with Crippen LogP contribution in [0.5, 0.6) is 0 Å². The van der Waals surface area contributed by atoms with Crippen LogP contribution in [0.3, 0.4) is 0 Å². The predicted molar refractivity (Wildman–Crippen MR) is 34.8 cm³/mol. The molecule has 0 aliphatic heterocycles. The third-order valence-electron chi connectivity index (χ3n) is 0.885. The second-order valence-corrected chi connectivity index (χ2v) is 3.26. The largest absolute Gasteiger partial charge is 0.313 e. The lowest BCUT2D eigenvalue weighted by Gasteiger charge is -1.99. The van der Waals surface area contributed by atoms with Gasteiger partial charge in [-0.25, -0.2) is 0 Å². The first-order valence-electron chi connectivity index (χ1n) is 2.43. The Morgan fingerprint density at radius 1 is 1.60 bits per heavy atom. The van der Waals surface area contributed by atoms with Gasteiger partial charge in [-0.2, -0.15) is 8.42 Å². The lowest BCUT2D eigenvalue weighted by atomic mass is 10.3. The van der Waals surface area contributed by atoms with Crippen LogP contribution in [0.25, 0.3) is 0 Å². The lowest BCUT2D eigenvalue weighted by molar-refractivity contribution is -0.107. The SMILES string of the molecule is N=CCC(C=O)S(=O)(=O)O. The van der Waals surface area contributed by atoms with Crippen LogP contribution in [0.4, 0.5) is 0 Å². The maximum atomic E-state index is 10.2. The highest BCUT2D eigenvalue weighted by Crippen LogP contribution is 1.97. The van der Waals surface area contributed by atoms with E-state index in [1.807, 2.05) is 0 Å². The number of rotatable bonds is 4. The molecule has 1 unspecified atom stereocenters. The van der Waals surface area contributed by atoms with Crippen LogP contribution in [0.1, 0.15) is 6.42 Å². The molecule has 6 heteroatoms. The Labute approximate surface area is 58.3 Å². The van der Waals surface area contributed by atoms with Crippen molar-refractivity contribution in [3.8, 4) is 0 Å². The number of nitrogens with one attached hydrogen (secondary N) is 1. The maximum absolute atomic E-state index is 10.2. The molecule has 0 saturated carbocycles. The van der Waals surface area contributed by atoms with Crippen LogP contribution in [0.2, 0.25) is 0 Å². The fourth-order valence-electron chi connectivity index (χ4n) is 0.364. The summed E-state index contributed by atoms with van der Waals surface area (Å²) in [6.07, 6.45) is 0.579. The Kier molecular flexibility index (Phi) is 3.17. The summed E-state index contributed by atoms with van der Waals surface area (Å²) >= 11 is 0. The van der Waals surface area contributed by atoms with Crippen molar-refractivity contribution in [2.75, 3.05) is 0 Å². The molecule has 0 radical (unpaired) electrons. The first-order chi connectivity index (χ1) is 4.52. The molecule has 0 aliphatic rings. The Morgan fingerprint density at radius 2 is 2.10 bits per heavy atom. The highest BCUT2D eigenvalue weighted by Gasteiger charge is 2.20. The Morgan fingerprint density at radius 3 is 2.20 bits per heavy atom. The predicted octanol–water partition coefficient (Wildman–Crippen LogP) is -0.519. The summed E-state index contributed by atoms with van der Waals surface area (Å²) in [5, 5.41) is 4.98. The van der Waals surface area contributed by atoms with E-state index in [1.165, 1.54) is 0 Å². The molecular formula is C4H7NO4S. The number of aldehydes is 1. The minimum Gasteiger partial charge on any atom is -0.313 e. The fourth-order valence-corrected chi connectivity index (χ4v) is 0.843. The first kappa shape index (κ1) is 9.25. The van der Waals surface area contributed by atoms with Gasteiger partial charge in [0.2, 0.25) is 0 Å². The van der Waals surface area contributed by atoms with Gasteiger partial charge in [0, 0.05) is 6.42 Å². The van der Waals surface area contributed by atoms with Crippen LogP contribution in [-0.2, 0) is 14.9 Å². The summed E-state index contributed by atoms with van der Waals surface area (Å²) in [7, 11) is -4.30. The number of carbonyl (C=O) groups is 1. The highest BCUT2D eigenvalue weighted by molar-refractivity contribution is 7.87. The van der Waals surface area contributed by atoms with Crippen molar-refractivity contribution in [2.24, 2.45) is 0 Å². The standard InChI is InChI=1S/C4H7NO4S/c5-2-1-4(3-6)10(7,8)9/h2-5H,1H2,(H,7,8,9). The van der Waals surface area contributed by atoms with Crippen molar-refractivity contribution >= 4 is 22.6 Å².